The lowest BCUT2D eigenvalue weighted by atomic mass is 9.99. The molecule has 2 fully saturated rings. The van der Waals surface area contributed by atoms with Crippen molar-refractivity contribution < 1.29 is 28.2 Å². The van der Waals surface area contributed by atoms with Crippen molar-refractivity contribution in [1.82, 2.24) is 9.80 Å². The smallest absolute Gasteiger partial charge is 0.411 e. The Hall–Kier alpha value is -3.46. The maximum Gasteiger partial charge on any atom is 0.411 e. The Morgan fingerprint density at radius 1 is 1.11 bits per heavy atom. The summed E-state index contributed by atoms with van der Waals surface area (Å²) in [7, 11) is 0. The first-order chi connectivity index (χ1) is 16.8. The molecule has 8 nitrogen and oxygen atoms in total. The molecule has 0 saturated carbocycles. The van der Waals surface area contributed by atoms with Crippen LogP contribution in [0.2, 0.25) is 0 Å². The summed E-state index contributed by atoms with van der Waals surface area (Å²) >= 11 is 0. The highest BCUT2D eigenvalue weighted by Gasteiger charge is 2.48. The topological polar surface area (TPSA) is 88.2 Å². The maximum atomic E-state index is 13.6. The number of carbonyl (C=O) groups is 3. The van der Waals surface area contributed by atoms with E-state index in [9.17, 15) is 18.8 Å². The van der Waals surface area contributed by atoms with Crippen LogP contribution in [-0.4, -0.2) is 60.1 Å². The van der Waals surface area contributed by atoms with E-state index < -0.39 is 18.2 Å². The normalized spacial score (nSPS) is 20.2. The molecule has 2 atom stereocenters. The van der Waals surface area contributed by atoms with Gasteiger partial charge in [0, 0.05) is 25.2 Å². The summed E-state index contributed by atoms with van der Waals surface area (Å²) < 4.78 is 24.5. The number of morpholine rings is 1. The first-order valence-electron chi connectivity index (χ1n) is 11.8. The van der Waals surface area contributed by atoms with Crippen LogP contribution in [0.3, 0.4) is 0 Å². The van der Waals surface area contributed by atoms with Crippen LogP contribution >= 0.6 is 0 Å². The highest BCUT2D eigenvalue weighted by atomic mass is 19.1. The zero-order valence-electron chi connectivity index (χ0n) is 19.9. The van der Waals surface area contributed by atoms with Crippen LogP contribution in [0, 0.1) is 11.7 Å². The molecule has 1 N–H and O–H groups in total. The number of rotatable bonds is 7. The molecule has 2 aromatic rings. The molecule has 186 valence electrons. The Kier molecular flexibility index (Phi) is 7.65. The molecule has 0 spiro atoms. The van der Waals surface area contributed by atoms with E-state index in [0.29, 0.717) is 49.5 Å². The van der Waals surface area contributed by atoms with Gasteiger partial charge in [-0.3, -0.25) is 14.5 Å². The van der Waals surface area contributed by atoms with Gasteiger partial charge in [-0.15, -0.1) is 0 Å². The Morgan fingerprint density at radius 3 is 2.51 bits per heavy atom. The first-order valence-corrected chi connectivity index (χ1v) is 11.8. The third kappa shape index (κ3) is 5.97. The van der Waals surface area contributed by atoms with Crippen LogP contribution in [0.25, 0.3) is 0 Å². The predicted molar refractivity (Wildman–Crippen MR) is 127 cm³/mol. The molecule has 2 aliphatic rings. The lowest BCUT2D eigenvalue weighted by Gasteiger charge is -2.33. The van der Waals surface area contributed by atoms with E-state index in [1.165, 1.54) is 17.0 Å². The zero-order chi connectivity index (χ0) is 24.9. The molecule has 2 aromatic carbocycles. The predicted octanol–water partition coefficient (Wildman–Crippen LogP) is 3.73. The maximum absolute atomic E-state index is 13.6. The molecule has 2 unspecified atom stereocenters. The second-order valence-electron chi connectivity index (χ2n) is 9.21. The van der Waals surface area contributed by atoms with Gasteiger partial charge in [0.1, 0.15) is 5.82 Å². The number of amides is 3. The van der Waals surface area contributed by atoms with E-state index in [-0.39, 0.29) is 30.1 Å². The minimum Gasteiger partial charge on any atom is -0.438 e. The molecular formula is C26H30FN3O5. The monoisotopic (exact) mass is 483 g/mol. The van der Waals surface area contributed by atoms with Crippen molar-refractivity contribution in [2.24, 2.45) is 5.92 Å². The number of nitrogens with zero attached hydrogens (tertiary/aromatic N) is 2. The summed E-state index contributed by atoms with van der Waals surface area (Å²) in [6, 6.07) is 11.9. The quantitative estimate of drug-likeness (QED) is 0.648. The summed E-state index contributed by atoms with van der Waals surface area (Å²) in [5, 5.41) is 2.87. The second-order valence-corrected chi connectivity index (χ2v) is 9.21. The number of ether oxygens (including phenoxy) is 2. The minimum atomic E-state index is -0.910. The SMILES string of the molecule is CC(C)CC(=O)Nc1cccc(C2OC(=O)N(Cc3ccc(F)cc3)C2C(=O)N2CCOCC2)c1. The average molecular weight is 484 g/mol. The fourth-order valence-corrected chi connectivity index (χ4v) is 4.33. The first kappa shape index (κ1) is 24.7. The molecule has 9 heteroatoms. The third-order valence-electron chi connectivity index (χ3n) is 6.02. The average Bonchev–Trinajstić information content (AvgIpc) is 3.16. The van der Waals surface area contributed by atoms with E-state index in [2.05, 4.69) is 5.32 Å². The minimum absolute atomic E-state index is 0.0984. The van der Waals surface area contributed by atoms with Crippen LogP contribution in [0.4, 0.5) is 14.9 Å². The number of nitrogens with one attached hydrogen (secondary N) is 1. The molecule has 0 aromatic heterocycles. The molecule has 35 heavy (non-hydrogen) atoms. The molecule has 2 aliphatic heterocycles. The van der Waals surface area contributed by atoms with Crippen molar-refractivity contribution in [2.75, 3.05) is 31.6 Å². The number of hydrogen-bond acceptors (Lipinski definition) is 5. The van der Waals surface area contributed by atoms with Crippen LogP contribution in [-0.2, 0) is 25.6 Å². The van der Waals surface area contributed by atoms with E-state index >= 15 is 0 Å². The van der Waals surface area contributed by atoms with Crippen molar-refractivity contribution in [3.63, 3.8) is 0 Å². The number of halogens is 1. The number of benzene rings is 2. The summed E-state index contributed by atoms with van der Waals surface area (Å²) in [5.74, 6) is -0.516. The standard InChI is InChI=1S/C26H30FN3O5/c1-17(2)14-22(31)28-21-5-3-4-19(15-21)24-23(25(32)29-10-12-34-13-11-29)30(26(33)35-24)16-18-6-8-20(27)9-7-18/h3-9,15,17,23-24H,10-14,16H2,1-2H3,(H,28,31). The Bertz CT molecular complexity index is 1070. The molecular weight excluding hydrogens is 453 g/mol. The molecule has 3 amide bonds. The second kappa shape index (κ2) is 10.9. The van der Waals surface area contributed by atoms with Gasteiger partial charge in [-0.1, -0.05) is 38.1 Å². The van der Waals surface area contributed by atoms with Crippen molar-refractivity contribution in [2.45, 2.75) is 39.0 Å². The number of anilines is 1. The molecule has 4 rings (SSSR count). The van der Waals surface area contributed by atoms with E-state index in [1.54, 1.807) is 41.3 Å². The van der Waals surface area contributed by atoms with Gasteiger partial charge in [0.25, 0.3) is 0 Å². The molecule has 0 bridgehead atoms. The third-order valence-corrected chi connectivity index (χ3v) is 6.02. The Labute approximate surface area is 204 Å². The Balaban J connectivity index is 1.62. The summed E-state index contributed by atoms with van der Waals surface area (Å²) in [5.41, 5.74) is 1.85. The Morgan fingerprint density at radius 2 is 1.83 bits per heavy atom. The number of cyclic esters (lactones) is 1. The molecule has 2 heterocycles. The van der Waals surface area contributed by atoms with Gasteiger partial charge in [0.2, 0.25) is 11.8 Å². The van der Waals surface area contributed by atoms with Gasteiger partial charge in [-0.05, 0) is 41.3 Å². The van der Waals surface area contributed by atoms with Crippen LogP contribution in [0.1, 0.15) is 37.5 Å². The van der Waals surface area contributed by atoms with E-state index in [1.807, 2.05) is 13.8 Å². The lowest BCUT2D eigenvalue weighted by molar-refractivity contribution is -0.141. The number of carbonyl (C=O) groups excluding carboxylic acids is 3. The van der Waals surface area contributed by atoms with Gasteiger partial charge >= 0.3 is 6.09 Å². The van der Waals surface area contributed by atoms with Gasteiger partial charge in [-0.2, -0.15) is 0 Å². The van der Waals surface area contributed by atoms with Gasteiger partial charge in [0.15, 0.2) is 12.1 Å². The highest BCUT2D eigenvalue weighted by Crippen LogP contribution is 2.36. The lowest BCUT2D eigenvalue weighted by Crippen LogP contribution is -2.51. The largest absolute Gasteiger partial charge is 0.438 e. The number of hydrogen-bond donors (Lipinski definition) is 1. The zero-order valence-corrected chi connectivity index (χ0v) is 19.9. The molecule has 0 aliphatic carbocycles. The van der Waals surface area contributed by atoms with Gasteiger partial charge in [0.05, 0.1) is 19.8 Å². The van der Waals surface area contributed by atoms with Crippen molar-refractivity contribution in [1.29, 1.82) is 0 Å². The summed E-state index contributed by atoms with van der Waals surface area (Å²) in [6.45, 7) is 5.72. The van der Waals surface area contributed by atoms with Crippen LogP contribution in [0.5, 0.6) is 0 Å². The van der Waals surface area contributed by atoms with Crippen LogP contribution < -0.4 is 5.32 Å². The highest BCUT2D eigenvalue weighted by molar-refractivity contribution is 5.91. The van der Waals surface area contributed by atoms with E-state index in [0.717, 1.165) is 0 Å². The summed E-state index contributed by atoms with van der Waals surface area (Å²) in [6.07, 6.45) is -1.10. The molecule has 0 radical (unpaired) electrons. The van der Waals surface area contributed by atoms with Crippen LogP contribution in [0.15, 0.2) is 48.5 Å². The fraction of sp³-hybridized carbons (Fsp3) is 0.423. The van der Waals surface area contributed by atoms with Gasteiger partial charge < -0.3 is 19.7 Å². The summed E-state index contributed by atoms with van der Waals surface area (Å²) in [4.78, 5) is 41.9. The van der Waals surface area contributed by atoms with E-state index in [4.69, 9.17) is 9.47 Å². The fourth-order valence-electron chi connectivity index (χ4n) is 4.33. The molecule has 2 saturated heterocycles. The van der Waals surface area contributed by atoms with Crippen molar-refractivity contribution in [3.05, 3.63) is 65.5 Å². The van der Waals surface area contributed by atoms with Crippen molar-refractivity contribution >= 4 is 23.6 Å². The van der Waals surface area contributed by atoms with Crippen molar-refractivity contribution in [3.8, 4) is 0 Å². The van der Waals surface area contributed by atoms with Gasteiger partial charge in [-0.25, -0.2) is 9.18 Å².